The zero-order chi connectivity index (χ0) is 12.6. The molecular formula is C10H7N3O4. The maximum absolute atomic E-state index is 10.8. The molecule has 0 fully saturated rings. The molecule has 2 rings (SSSR count). The van der Waals surface area contributed by atoms with E-state index in [0.29, 0.717) is 10.8 Å². The van der Waals surface area contributed by atoms with E-state index in [2.05, 4.69) is 0 Å². The molecule has 2 aromatic carbocycles. The van der Waals surface area contributed by atoms with Crippen molar-refractivity contribution in [1.82, 2.24) is 0 Å². The van der Waals surface area contributed by atoms with E-state index in [1.54, 1.807) is 24.3 Å². The van der Waals surface area contributed by atoms with Gasteiger partial charge >= 0.3 is 11.4 Å². The van der Waals surface area contributed by atoms with E-state index in [1.807, 2.05) is 0 Å². The smallest absolute Gasteiger partial charge is 0.369 e. The van der Waals surface area contributed by atoms with Crippen LogP contribution < -0.4 is 5.73 Å². The van der Waals surface area contributed by atoms with Crippen LogP contribution in [0.1, 0.15) is 0 Å². The SMILES string of the molecule is Nc1c([N+](=O)[O-])c([N+](=O)[O-])cc2ccccc12. The molecule has 86 valence electrons. The molecule has 0 amide bonds. The van der Waals surface area contributed by atoms with Gasteiger partial charge in [0, 0.05) is 11.5 Å². The van der Waals surface area contributed by atoms with Gasteiger partial charge in [-0.1, -0.05) is 24.3 Å². The summed E-state index contributed by atoms with van der Waals surface area (Å²) in [5.74, 6) is 0. The van der Waals surface area contributed by atoms with Crippen molar-refractivity contribution in [2.45, 2.75) is 0 Å². The van der Waals surface area contributed by atoms with Gasteiger partial charge in [0.2, 0.25) is 0 Å². The molecule has 7 heteroatoms. The van der Waals surface area contributed by atoms with Crippen molar-refractivity contribution in [1.29, 1.82) is 0 Å². The molecule has 0 spiro atoms. The summed E-state index contributed by atoms with van der Waals surface area (Å²) in [5, 5.41) is 22.5. The normalized spacial score (nSPS) is 10.4. The molecule has 0 aromatic heterocycles. The van der Waals surface area contributed by atoms with Crippen molar-refractivity contribution in [3.8, 4) is 0 Å². The van der Waals surface area contributed by atoms with E-state index in [4.69, 9.17) is 5.73 Å². The zero-order valence-electron chi connectivity index (χ0n) is 8.49. The molecule has 0 saturated carbocycles. The fraction of sp³-hybridized carbons (Fsp3) is 0. The first-order valence-electron chi connectivity index (χ1n) is 4.62. The minimum Gasteiger partial charge on any atom is -0.392 e. The Labute approximate surface area is 94.8 Å². The maximum Gasteiger partial charge on any atom is 0.369 e. The number of nitrogens with two attached hydrogens (primary N) is 1. The number of anilines is 1. The van der Waals surface area contributed by atoms with E-state index >= 15 is 0 Å². The molecule has 0 heterocycles. The van der Waals surface area contributed by atoms with Gasteiger partial charge in [-0.3, -0.25) is 20.2 Å². The van der Waals surface area contributed by atoms with Crippen LogP contribution in [0.15, 0.2) is 30.3 Å². The Bertz CT molecular complexity index is 639. The molecule has 0 radical (unpaired) electrons. The van der Waals surface area contributed by atoms with E-state index in [1.165, 1.54) is 0 Å². The number of fused-ring (bicyclic) bond motifs is 1. The minimum absolute atomic E-state index is 0.181. The standard InChI is InChI=1S/C10H7N3O4/c11-9-7-4-2-1-3-6(7)5-8(12(14)15)10(9)13(16)17/h1-5H,11H2. The Hall–Kier alpha value is -2.70. The predicted molar refractivity (Wildman–Crippen MR) is 61.7 cm³/mol. The third kappa shape index (κ3) is 1.63. The highest BCUT2D eigenvalue weighted by Crippen LogP contribution is 2.38. The Morgan fingerprint density at radius 3 is 2.29 bits per heavy atom. The van der Waals surface area contributed by atoms with Crippen LogP contribution in [0.4, 0.5) is 17.1 Å². The quantitative estimate of drug-likeness (QED) is 0.485. The third-order valence-corrected chi connectivity index (χ3v) is 2.42. The maximum atomic E-state index is 10.8. The summed E-state index contributed by atoms with van der Waals surface area (Å²) in [4.78, 5) is 19.9. The minimum atomic E-state index is -0.833. The fourth-order valence-electron chi connectivity index (χ4n) is 1.68. The Morgan fingerprint density at radius 1 is 1.06 bits per heavy atom. The van der Waals surface area contributed by atoms with Crippen LogP contribution in [0.2, 0.25) is 0 Å². The van der Waals surface area contributed by atoms with Crippen molar-refractivity contribution in [3.63, 3.8) is 0 Å². The second-order valence-electron chi connectivity index (χ2n) is 3.39. The summed E-state index contributed by atoms with van der Waals surface area (Å²) in [6, 6.07) is 7.69. The van der Waals surface area contributed by atoms with Crippen LogP contribution in [0.3, 0.4) is 0 Å². The lowest BCUT2D eigenvalue weighted by Crippen LogP contribution is -2.01. The van der Waals surface area contributed by atoms with E-state index in [9.17, 15) is 20.2 Å². The van der Waals surface area contributed by atoms with Gasteiger partial charge in [-0.05, 0) is 5.39 Å². The molecule has 0 aliphatic carbocycles. The van der Waals surface area contributed by atoms with Crippen LogP contribution >= 0.6 is 0 Å². The van der Waals surface area contributed by atoms with Gasteiger partial charge in [0.1, 0.15) is 5.69 Å². The monoisotopic (exact) mass is 233 g/mol. The Kier molecular flexibility index (Phi) is 2.36. The van der Waals surface area contributed by atoms with E-state index in [-0.39, 0.29) is 5.69 Å². The number of nitro groups is 2. The van der Waals surface area contributed by atoms with Crippen LogP contribution in [-0.2, 0) is 0 Å². The average molecular weight is 233 g/mol. The summed E-state index contributed by atoms with van der Waals surface area (Å²) in [7, 11) is 0. The second kappa shape index (κ2) is 3.71. The first-order valence-corrected chi connectivity index (χ1v) is 4.62. The molecule has 0 saturated heterocycles. The van der Waals surface area contributed by atoms with Crippen LogP contribution in [0.25, 0.3) is 10.8 Å². The number of hydrogen-bond donors (Lipinski definition) is 1. The number of nitrogen functional groups attached to an aromatic ring is 1. The highest BCUT2D eigenvalue weighted by molar-refractivity contribution is 6.00. The highest BCUT2D eigenvalue weighted by Gasteiger charge is 2.29. The Balaban J connectivity index is 2.94. The topological polar surface area (TPSA) is 112 Å². The number of benzene rings is 2. The van der Waals surface area contributed by atoms with E-state index in [0.717, 1.165) is 6.07 Å². The van der Waals surface area contributed by atoms with Crippen molar-refractivity contribution in [2.75, 3.05) is 5.73 Å². The van der Waals surface area contributed by atoms with Gasteiger partial charge in [0.25, 0.3) is 0 Å². The van der Waals surface area contributed by atoms with Crippen LogP contribution in [-0.4, -0.2) is 9.85 Å². The molecule has 17 heavy (non-hydrogen) atoms. The number of nitro benzene ring substituents is 2. The molecule has 0 aliphatic heterocycles. The molecule has 0 aliphatic rings. The lowest BCUT2D eigenvalue weighted by atomic mass is 10.1. The van der Waals surface area contributed by atoms with Crippen molar-refractivity contribution < 1.29 is 9.85 Å². The van der Waals surface area contributed by atoms with E-state index < -0.39 is 21.2 Å². The molecule has 7 nitrogen and oxygen atoms in total. The van der Waals surface area contributed by atoms with Gasteiger partial charge in [0.15, 0.2) is 0 Å². The number of nitrogens with zero attached hydrogens (tertiary/aromatic N) is 2. The first-order chi connectivity index (χ1) is 8.02. The summed E-state index contributed by atoms with van der Waals surface area (Å²) in [6.45, 7) is 0. The van der Waals surface area contributed by atoms with Crippen molar-refractivity contribution in [3.05, 3.63) is 50.6 Å². The predicted octanol–water partition coefficient (Wildman–Crippen LogP) is 2.24. The molecule has 2 aromatic rings. The zero-order valence-corrected chi connectivity index (χ0v) is 8.49. The van der Waals surface area contributed by atoms with Crippen LogP contribution in [0.5, 0.6) is 0 Å². The summed E-state index contributed by atoms with van der Waals surface area (Å²) < 4.78 is 0. The lowest BCUT2D eigenvalue weighted by Gasteiger charge is -2.03. The molecule has 0 atom stereocenters. The summed E-state index contributed by atoms with van der Waals surface area (Å²) in [5.41, 5.74) is 4.18. The lowest BCUT2D eigenvalue weighted by molar-refractivity contribution is -0.421. The molecule has 0 unspecified atom stereocenters. The van der Waals surface area contributed by atoms with Gasteiger partial charge in [-0.15, -0.1) is 0 Å². The summed E-state index contributed by atoms with van der Waals surface area (Å²) in [6.07, 6.45) is 0. The number of hydrogen-bond acceptors (Lipinski definition) is 5. The van der Waals surface area contributed by atoms with Gasteiger partial charge in [0.05, 0.1) is 9.85 Å². The van der Waals surface area contributed by atoms with Crippen molar-refractivity contribution in [2.24, 2.45) is 0 Å². The van der Waals surface area contributed by atoms with Crippen LogP contribution in [0, 0.1) is 20.2 Å². The van der Waals surface area contributed by atoms with Gasteiger partial charge < -0.3 is 5.73 Å². The molecule has 2 N–H and O–H groups in total. The Morgan fingerprint density at radius 2 is 1.71 bits per heavy atom. The fourth-order valence-corrected chi connectivity index (χ4v) is 1.68. The highest BCUT2D eigenvalue weighted by atomic mass is 16.6. The molecular weight excluding hydrogens is 226 g/mol. The average Bonchev–Trinajstić information content (AvgIpc) is 2.28. The molecule has 0 bridgehead atoms. The van der Waals surface area contributed by atoms with Gasteiger partial charge in [-0.2, -0.15) is 0 Å². The summed E-state index contributed by atoms with van der Waals surface area (Å²) >= 11 is 0. The largest absolute Gasteiger partial charge is 0.392 e. The van der Waals surface area contributed by atoms with Gasteiger partial charge in [-0.25, -0.2) is 0 Å². The first kappa shape index (κ1) is 10.8. The number of rotatable bonds is 2. The third-order valence-electron chi connectivity index (χ3n) is 2.42. The van der Waals surface area contributed by atoms with Crippen molar-refractivity contribution >= 4 is 27.8 Å². The second-order valence-corrected chi connectivity index (χ2v) is 3.39.